The van der Waals surface area contributed by atoms with Crippen LogP contribution in [0.15, 0.2) is 0 Å². The molecule has 1 atom stereocenters. The molecule has 0 aromatic rings. The summed E-state index contributed by atoms with van der Waals surface area (Å²) in [7, 11) is 0. The SMILES string of the molecule is CC(CCN)C1CCCCC1.Cl. The Morgan fingerprint density at radius 1 is 1.25 bits per heavy atom. The number of hydrogen-bond acceptors (Lipinski definition) is 1. The molecule has 0 saturated heterocycles. The second-order valence-corrected chi connectivity index (χ2v) is 3.95. The van der Waals surface area contributed by atoms with Crippen molar-refractivity contribution in [1.29, 1.82) is 0 Å². The van der Waals surface area contributed by atoms with E-state index in [-0.39, 0.29) is 12.4 Å². The van der Waals surface area contributed by atoms with Gasteiger partial charge in [0.25, 0.3) is 0 Å². The van der Waals surface area contributed by atoms with Gasteiger partial charge in [-0.2, -0.15) is 0 Å². The predicted molar refractivity (Wildman–Crippen MR) is 56.7 cm³/mol. The fourth-order valence-corrected chi connectivity index (χ4v) is 2.20. The van der Waals surface area contributed by atoms with Crippen molar-refractivity contribution >= 4 is 12.4 Å². The molecule has 1 unspecified atom stereocenters. The average molecular weight is 192 g/mol. The Kier molecular flexibility index (Phi) is 6.87. The van der Waals surface area contributed by atoms with E-state index in [1.165, 1.54) is 38.5 Å². The van der Waals surface area contributed by atoms with Crippen LogP contribution in [-0.4, -0.2) is 6.54 Å². The minimum Gasteiger partial charge on any atom is -0.330 e. The van der Waals surface area contributed by atoms with E-state index in [0.717, 1.165) is 18.4 Å². The lowest BCUT2D eigenvalue weighted by Gasteiger charge is -2.27. The van der Waals surface area contributed by atoms with Crippen LogP contribution < -0.4 is 5.73 Å². The molecular weight excluding hydrogens is 170 g/mol. The maximum atomic E-state index is 5.54. The molecule has 2 N–H and O–H groups in total. The fraction of sp³-hybridized carbons (Fsp3) is 1.00. The van der Waals surface area contributed by atoms with Crippen LogP contribution in [0.3, 0.4) is 0 Å². The van der Waals surface area contributed by atoms with Crippen LogP contribution in [0.4, 0.5) is 0 Å². The van der Waals surface area contributed by atoms with E-state index in [0.29, 0.717) is 0 Å². The minimum absolute atomic E-state index is 0. The predicted octanol–water partition coefficient (Wildman–Crippen LogP) is 2.97. The fourth-order valence-electron chi connectivity index (χ4n) is 2.20. The third-order valence-corrected chi connectivity index (χ3v) is 3.08. The number of hydrogen-bond donors (Lipinski definition) is 1. The third-order valence-electron chi connectivity index (χ3n) is 3.08. The van der Waals surface area contributed by atoms with Crippen LogP contribution in [0.1, 0.15) is 45.4 Å². The van der Waals surface area contributed by atoms with Crippen LogP contribution >= 0.6 is 12.4 Å². The van der Waals surface area contributed by atoms with Crippen LogP contribution in [0.2, 0.25) is 0 Å². The lowest BCUT2D eigenvalue weighted by molar-refractivity contribution is 0.255. The quantitative estimate of drug-likeness (QED) is 0.730. The van der Waals surface area contributed by atoms with Gasteiger partial charge >= 0.3 is 0 Å². The van der Waals surface area contributed by atoms with E-state index in [4.69, 9.17) is 5.73 Å². The summed E-state index contributed by atoms with van der Waals surface area (Å²) in [5.41, 5.74) is 5.54. The molecule has 1 fully saturated rings. The highest BCUT2D eigenvalue weighted by Crippen LogP contribution is 2.30. The zero-order chi connectivity index (χ0) is 8.10. The van der Waals surface area contributed by atoms with Gasteiger partial charge in [-0.05, 0) is 24.8 Å². The van der Waals surface area contributed by atoms with Crippen LogP contribution in [0, 0.1) is 11.8 Å². The Morgan fingerprint density at radius 2 is 1.83 bits per heavy atom. The van der Waals surface area contributed by atoms with Gasteiger partial charge in [0.05, 0.1) is 0 Å². The van der Waals surface area contributed by atoms with E-state index in [1.54, 1.807) is 0 Å². The van der Waals surface area contributed by atoms with Crippen molar-refractivity contribution in [2.75, 3.05) is 6.54 Å². The highest BCUT2D eigenvalue weighted by molar-refractivity contribution is 5.85. The molecular formula is C10H22ClN. The largest absolute Gasteiger partial charge is 0.330 e. The standard InChI is InChI=1S/C10H21N.ClH/c1-9(7-8-11)10-5-3-2-4-6-10;/h9-10H,2-8,11H2,1H3;1H. The van der Waals surface area contributed by atoms with Gasteiger partial charge in [-0.3, -0.25) is 0 Å². The van der Waals surface area contributed by atoms with Crippen molar-refractivity contribution in [1.82, 2.24) is 0 Å². The molecule has 2 heteroatoms. The van der Waals surface area contributed by atoms with Crippen molar-refractivity contribution in [3.05, 3.63) is 0 Å². The van der Waals surface area contributed by atoms with E-state index < -0.39 is 0 Å². The molecule has 1 aliphatic carbocycles. The Bertz CT molecular complexity index is 100. The van der Waals surface area contributed by atoms with Crippen molar-refractivity contribution < 1.29 is 0 Å². The van der Waals surface area contributed by atoms with Crippen molar-refractivity contribution in [3.63, 3.8) is 0 Å². The Labute approximate surface area is 82.5 Å². The third kappa shape index (κ3) is 3.77. The second-order valence-electron chi connectivity index (χ2n) is 3.95. The summed E-state index contributed by atoms with van der Waals surface area (Å²) in [6, 6.07) is 0. The van der Waals surface area contributed by atoms with Crippen molar-refractivity contribution in [3.8, 4) is 0 Å². The zero-order valence-electron chi connectivity index (χ0n) is 8.09. The summed E-state index contributed by atoms with van der Waals surface area (Å²) in [6.45, 7) is 3.24. The number of halogens is 1. The molecule has 0 aromatic heterocycles. The van der Waals surface area contributed by atoms with Gasteiger partial charge in [0.1, 0.15) is 0 Å². The first kappa shape index (κ1) is 12.2. The van der Waals surface area contributed by atoms with Crippen LogP contribution in [-0.2, 0) is 0 Å². The van der Waals surface area contributed by atoms with Gasteiger partial charge in [-0.1, -0.05) is 39.0 Å². The molecule has 74 valence electrons. The molecule has 0 heterocycles. The molecule has 0 aromatic carbocycles. The molecule has 0 spiro atoms. The summed E-state index contributed by atoms with van der Waals surface area (Å²) in [5.74, 6) is 1.87. The first-order chi connectivity index (χ1) is 5.34. The van der Waals surface area contributed by atoms with Crippen molar-refractivity contribution in [2.24, 2.45) is 17.6 Å². The van der Waals surface area contributed by atoms with E-state index in [9.17, 15) is 0 Å². The molecule has 0 amide bonds. The van der Waals surface area contributed by atoms with Gasteiger partial charge in [0.15, 0.2) is 0 Å². The summed E-state index contributed by atoms with van der Waals surface area (Å²) < 4.78 is 0. The lowest BCUT2D eigenvalue weighted by atomic mass is 9.79. The van der Waals surface area contributed by atoms with Gasteiger partial charge < -0.3 is 5.73 Å². The van der Waals surface area contributed by atoms with Gasteiger partial charge in [-0.25, -0.2) is 0 Å². The lowest BCUT2D eigenvalue weighted by Crippen LogP contribution is -2.18. The van der Waals surface area contributed by atoms with Gasteiger partial charge in [0, 0.05) is 0 Å². The highest BCUT2D eigenvalue weighted by atomic mass is 35.5. The summed E-state index contributed by atoms with van der Waals surface area (Å²) >= 11 is 0. The normalized spacial score (nSPS) is 21.5. The summed E-state index contributed by atoms with van der Waals surface area (Å²) in [4.78, 5) is 0. The second kappa shape index (κ2) is 6.73. The minimum atomic E-state index is 0. The Hall–Kier alpha value is 0.250. The molecule has 1 aliphatic rings. The molecule has 12 heavy (non-hydrogen) atoms. The van der Waals surface area contributed by atoms with Crippen LogP contribution in [0.25, 0.3) is 0 Å². The van der Waals surface area contributed by atoms with Crippen LogP contribution in [0.5, 0.6) is 0 Å². The maximum Gasteiger partial charge on any atom is -0.00746 e. The highest BCUT2D eigenvalue weighted by Gasteiger charge is 2.18. The van der Waals surface area contributed by atoms with Gasteiger partial charge in [0.2, 0.25) is 0 Å². The Morgan fingerprint density at radius 3 is 2.33 bits per heavy atom. The molecule has 1 nitrogen and oxygen atoms in total. The molecule has 0 radical (unpaired) electrons. The average Bonchev–Trinajstić information content (AvgIpc) is 2.07. The summed E-state index contributed by atoms with van der Waals surface area (Å²) in [5, 5.41) is 0. The first-order valence-corrected chi connectivity index (χ1v) is 5.04. The van der Waals surface area contributed by atoms with Gasteiger partial charge in [-0.15, -0.1) is 12.4 Å². The molecule has 0 bridgehead atoms. The first-order valence-electron chi connectivity index (χ1n) is 5.04. The van der Waals surface area contributed by atoms with Crippen molar-refractivity contribution in [2.45, 2.75) is 45.4 Å². The number of nitrogens with two attached hydrogens (primary N) is 1. The van der Waals surface area contributed by atoms with E-state index in [1.807, 2.05) is 0 Å². The number of rotatable bonds is 3. The Balaban J connectivity index is 0.00000121. The van der Waals surface area contributed by atoms with E-state index >= 15 is 0 Å². The smallest absolute Gasteiger partial charge is 0.00746 e. The molecule has 1 saturated carbocycles. The summed E-state index contributed by atoms with van der Waals surface area (Å²) in [6.07, 6.45) is 8.53. The van der Waals surface area contributed by atoms with E-state index in [2.05, 4.69) is 6.92 Å². The maximum absolute atomic E-state index is 5.54. The molecule has 1 rings (SSSR count). The topological polar surface area (TPSA) is 26.0 Å². The molecule has 0 aliphatic heterocycles. The zero-order valence-corrected chi connectivity index (χ0v) is 8.91. The monoisotopic (exact) mass is 191 g/mol.